The van der Waals surface area contributed by atoms with Gasteiger partial charge in [-0.3, -0.25) is 0 Å². The van der Waals surface area contributed by atoms with Crippen molar-refractivity contribution in [3.63, 3.8) is 0 Å². The van der Waals surface area contributed by atoms with E-state index in [2.05, 4.69) is 17.2 Å². The molecule has 0 aliphatic rings. The van der Waals surface area contributed by atoms with Gasteiger partial charge >= 0.3 is 0 Å². The Kier molecular flexibility index (Phi) is 5.65. The molecule has 0 saturated carbocycles. The Balaban J connectivity index is 2.91. The predicted octanol–water partition coefficient (Wildman–Crippen LogP) is 0.453. The average Bonchev–Trinajstić information content (AvgIpc) is 1.81. The van der Waals surface area contributed by atoms with Crippen molar-refractivity contribution in [2.24, 2.45) is 0 Å². The quantitative estimate of drug-likeness (QED) is 0.313. The minimum absolute atomic E-state index is 0.796. The second-order valence-corrected chi connectivity index (χ2v) is 1.33. The van der Waals surface area contributed by atoms with Gasteiger partial charge in [0.2, 0.25) is 0 Å². The van der Waals surface area contributed by atoms with E-state index in [0.717, 1.165) is 6.67 Å². The molecular formula is C6H12N2. The van der Waals surface area contributed by atoms with Gasteiger partial charge in [-0.1, -0.05) is 12.7 Å². The largest absolute Gasteiger partial charge is 0.378 e. The van der Waals surface area contributed by atoms with Crippen LogP contribution in [0.4, 0.5) is 0 Å². The van der Waals surface area contributed by atoms with Crippen LogP contribution < -0.4 is 10.6 Å². The highest BCUT2D eigenvalue weighted by molar-refractivity contribution is 4.95. The van der Waals surface area contributed by atoms with E-state index in [1.807, 2.05) is 19.3 Å². The zero-order valence-corrected chi connectivity index (χ0v) is 5.15. The molecule has 0 unspecified atom stereocenters. The van der Waals surface area contributed by atoms with Gasteiger partial charge in [-0.25, -0.2) is 0 Å². The van der Waals surface area contributed by atoms with Crippen LogP contribution in [0.1, 0.15) is 0 Å². The van der Waals surface area contributed by atoms with E-state index in [0.29, 0.717) is 0 Å². The molecule has 0 fully saturated rings. The fourth-order valence-corrected chi connectivity index (χ4v) is 0.297. The summed E-state index contributed by atoms with van der Waals surface area (Å²) >= 11 is 0. The van der Waals surface area contributed by atoms with Gasteiger partial charge in [-0.15, -0.1) is 0 Å². The summed E-state index contributed by atoms with van der Waals surface area (Å²) in [6.07, 6.45) is 5.41. The van der Waals surface area contributed by atoms with E-state index in [-0.39, 0.29) is 0 Å². The molecule has 0 spiro atoms. The van der Waals surface area contributed by atoms with E-state index in [4.69, 9.17) is 0 Å². The molecule has 46 valence electrons. The Morgan fingerprint density at radius 1 is 1.62 bits per heavy atom. The third kappa shape index (κ3) is 5.24. The summed E-state index contributed by atoms with van der Waals surface area (Å²) < 4.78 is 0. The van der Waals surface area contributed by atoms with Gasteiger partial charge < -0.3 is 10.6 Å². The SMILES string of the molecule is C=CC=CNCNC. The molecule has 0 amide bonds. The molecule has 0 aliphatic heterocycles. The summed E-state index contributed by atoms with van der Waals surface area (Å²) in [4.78, 5) is 0. The molecule has 2 nitrogen and oxygen atoms in total. The Morgan fingerprint density at radius 3 is 2.88 bits per heavy atom. The fourth-order valence-electron chi connectivity index (χ4n) is 0.297. The van der Waals surface area contributed by atoms with Crippen molar-refractivity contribution in [3.8, 4) is 0 Å². The normalized spacial score (nSPS) is 9.62. The molecule has 0 aliphatic carbocycles. The predicted molar refractivity (Wildman–Crippen MR) is 36.4 cm³/mol. The van der Waals surface area contributed by atoms with Crippen LogP contribution in [-0.2, 0) is 0 Å². The fraction of sp³-hybridized carbons (Fsp3) is 0.333. The van der Waals surface area contributed by atoms with Gasteiger partial charge in [-0.2, -0.15) is 0 Å². The lowest BCUT2D eigenvalue weighted by molar-refractivity contribution is 0.737. The lowest BCUT2D eigenvalue weighted by Crippen LogP contribution is -2.20. The Hall–Kier alpha value is -0.760. The average molecular weight is 112 g/mol. The highest BCUT2D eigenvalue weighted by atomic mass is 15.0. The first-order chi connectivity index (χ1) is 3.91. The number of nitrogens with one attached hydrogen (secondary N) is 2. The first kappa shape index (κ1) is 7.24. The van der Waals surface area contributed by atoms with Crippen LogP contribution in [0, 0.1) is 0 Å². The van der Waals surface area contributed by atoms with Crippen molar-refractivity contribution in [2.75, 3.05) is 13.7 Å². The zero-order chi connectivity index (χ0) is 6.24. The standard InChI is InChI=1S/C6H12N2/c1-3-4-5-8-6-7-2/h3-5,7-8H,1,6H2,2H3. The molecule has 0 aromatic carbocycles. The highest BCUT2D eigenvalue weighted by Gasteiger charge is 1.66. The van der Waals surface area contributed by atoms with Gasteiger partial charge in [-0.05, 0) is 19.3 Å². The maximum absolute atomic E-state index is 3.51. The monoisotopic (exact) mass is 112 g/mol. The van der Waals surface area contributed by atoms with Crippen LogP contribution in [0.25, 0.3) is 0 Å². The van der Waals surface area contributed by atoms with Crippen molar-refractivity contribution in [1.29, 1.82) is 0 Å². The summed E-state index contributed by atoms with van der Waals surface area (Å²) in [7, 11) is 1.88. The third-order valence-electron chi connectivity index (χ3n) is 0.629. The van der Waals surface area contributed by atoms with Gasteiger partial charge in [0.25, 0.3) is 0 Å². The highest BCUT2D eigenvalue weighted by Crippen LogP contribution is 1.64. The summed E-state index contributed by atoms with van der Waals surface area (Å²) in [6, 6.07) is 0. The molecule has 0 heterocycles. The molecule has 0 aromatic heterocycles. The molecule has 0 bridgehead atoms. The summed E-state index contributed by atoms with van der Waals surface area (Å²) in [5.41, 5.74) is 0. The van der Waals surface area contributed by atoms with Crippen LogP contribution in [0.15, 0.2) is 24.9 Å². The molecular weight excluding hydrogens is 100 g/mol. The first-order valence-corrected chi connectivity index (χ1v) is 2.57. The van der Waals surface area contributed by atoms with E-state index in [1.165, 1.54) is 0 Å². The van der Waals surface area contributed by atoms with Crippen LogP contribution in [0.3, 0.4) is 0 Å². The van der Waals surface area contributed by atoms with Gasteiger partial charge in [0.1, 0.15) is 0 Å². The van der Waals surface area contributed by atoms with Gasteiger partial charge in [0.05, 0.1) is 6.67 Å². The molecule has 0 atom stereocenters. The molecule has 0 rings (SSSR count). The topological polar surface area (TPSA) is 24.1 Å². The number of allylic oxidation sites excluding steroid dienone is 2. The van der Waals surface area contributed by atoms with Crippen molar-refractivity contribution < 1.29 is 0 Å². The Morgan fingerprint density at radius 2 is 2.38 bits per heavy atom. The lowest BCUT2D eigenvalue weighted by Gasteiger charge is -1.94. The second kappa shape index (κ2) is 6.24. The molecule has 0 radical (unpaired) electrons. The molecule has 2 N–H and O–H groups in total. The van der Waals surface area contributed by atoms with E-state index < -0.39 is 0 Å². The number of hydrogen-bond donors (Lipinski definition) is 2. The third-order valence-corrected chi connectivity index (χ3v) is 0.629. The maximum Gasteiger partial charge on any atom is 0.0645 e. The van der Waals surface area contributed by atoms with E-state index >= 15 is 0 Å². The van der Waals surface area contributed by atoms with Crippen molar-refractivity contribution in [2.45, 2.75) is 0 Å². The van der Waals surface area contributed by atoms with E-state index in [9.17, 15) is 0 Å². The summed E-state index contributed by atoms with van der Waals surface area (Å²) in [5.74, 6) is 0. The minimum atomic E-state index is 0.796. The number of hydrogen-bond acceptors (Lipinski definition) is 2. The Bertz CT molecular complexity index is 76.6. The van der Waals surface area contributed by atoms with Crippen molar-refractivity contribution in [3.05, 3.63) is 24.9 Å². The van der Waals surface area contributed by atoms with Gasteiger partial charge in [0.15, 0.2) is 0 Å². The lowest BCUT2D eigenvalue weighted by atomic mass is 10.6. The summed E-state index contributed by atoms with van der Waals surface area (Å²) in [6.45, 7) is 4.31. The van der Waals surface area contributed by atoms with Crippen molar-refractivity contribution >= 4 is 0 Å². The van der Waals surface area contributed by atoms with Crippen LogP contribution in [-0.4, -0.2) is 13.7 Å². The minimum Gasteiger partial charge on any atom is -0.378 e. The van der Waals surface area contributed by atoms with Crippen LogP contribution >= 0.6 is 0 Å². The molecule has 2 heteroatoms. The maximum atomic E-state index is 3.51. The van der Waals surface area contributed by atoms with Crippen LogP contribution in [0.2, 0.25) is 0 Å². The molecule has 0 saturated heterocycles. The number of rotatable bonds is 4. The van der Waals surface area contributed by atoms with E-state index in [1.54, 1.807) is 6.08 Å². The Labute approximate surface area is 50.3 Å². The van der Waals surface area contributed by atoms with Gasteiger partial charge in [0, 0.05) is 0 Å². The van der Waals surface area contributed by atoms with Crippen LogP contribution in [0.5, 0.6) is 0 Å². The second-order valence-electron chi connectivity index (χ2n) is 1.33. The smallest absolute Gasteiger partial charge is 0.0645 e. The first-order valence-electron chi connectivity index (χ1n) is 2.57. The molecule has 0 aromatic rings. The van der Waals surface area contributed by atoms with Crippen molar-refractivity contribution in [1.82, 2.24) is 10.6 Å². The summed E-state index contributed by atoms with van der Waals surface area (Å²) in [5, 5.41) is 5.90. The molecule has 8 heavy (non-hydrogen) atoms. The zero-order valence-electron chi connectivity index (χ0n) is 5.15.